The summed E-state index contributed by atoms with van der Waals surface area (Å²) >= 11 is 0. The zero-order valence-electron chi connectivity index (χ0n) is 19.9. The molecule has 2 aromatic rings. The Kier molecular flexibility index (Phi) is 9.08. The zero-order chi connectivity index (χ0) is 24.5. The number of carbonyl (C=O) groups excluding carboxylic acids is 2. The molecule has 0 heterocycles. The van der Waals surface area contributed by atoms with E-state index < -0.39 is 18.1 Å². The highest BCUT2D eigenvalue weighted by Crippen LogP contribution is 2.44. The Balaban J connectivity index is 1.51. The summed E-state index contributed by atoms with van der Waals surface area (Å²) in [5, 5.41) is 14.4. The molecule has 1 aliphatic rings. The van der Waals surface area contributed by atoms with Crippen molar-refractivity contribution in [2.75, 3.05) is 13.2 Å². The minimum atomic E-state index is -0.814. The van der Waals surface area contributed by atoms with Crippen LogP contribution in [-0.4, -0.2) is 42.3 Å². The minimum Gasteiger partial charge on any atom is -0.481 e. The molecule has 3 N–H and O–H groups in total. The topological polar surface area (TPSA) is 105 Å². The van der Waals surface area contributed by atoms with Crippen LogP contribution in [0.5, 0.6) is 0 Å². The Hall–Kier alpha value is -3.35. The monoisotopic (exact) mass is 466 g/mol. The van der Waals surface area contributed by atoms with Crippen molar-refractivity contribution in [1.29, 1.82) is 0 Å². The fourth-order valence-electron chi connectivity index (χ4n) is 4.42. The van der Waals surface area contributed by atoms with Crippen molar-refractivity contribution in [3.63, 3.8) is 0 Å². The molecule has 3 rings (SSSR count). The second kappa shape index (κ2) is 12.2. The number of rotatable bonds is 12. The number of carbonyl (C=O) groups is 3. The van der Waals surface area contributed by atoms with Crippen molar-refractivity contribution in [3.8, 4) is 11.1 Å². The maximum atomic E-state index is 12.6. The summed E-state index contributed by atoms with van der Waals surface area (Å²) in [5.74, 6) is -0.910. The van der Waals surface area contributed by atoms with Gasteiger partial charge in [0.15, 0.2) is 0 Å². The van der Waals surface area contributed by atoms with Gasteiger partial charge in [0.1, 0.15) is 12.6 Å². The molecule has 0 saturated heterocycles. The number of hydrogen-bond donors (Lipinski definition) is 3. The summed E-state index contributed by atoms with van der Waals surface area (Å²) in [6.07, 6.45) is 2.01. The lowest BCUT2D eigenvalue weighted by Gasteiger charge is -2.20. The summed E-state index contributed by atoms with van der Waals surface area (Å²) in [6.45, 7) is 4.55. The zero-order valence-corrected chi connectivity index (χ0v) is 19.9. The van der Waals surface area contributed by atoms with Crippen molar-refractivity contribution in [3.05, 3.63) is 59.7 Å². The van der Waals surface area contributed by atoms with Crippen LogP contribution in [0, 0.1) is 5.92 Å². The average Bonchev–Trinajstić information content (AvgIpc) is 3.15. The van der Waals surface area contributed by atoms with Crippen molar-refractivity contribution in [2.24, 2.45) is 5.92 Å². The molecular formula is C27H34N2O5. The molecule has 1 aliphatic carbocycles. The maximum absolute atomic E-state index is 12.6. The lowest BCUT2D eigenvalue weighted by atomic mass is 9.98. The molecule has 0 aliphatic heterocycles. The highest BCUT2D eigenvalue weighted by Gasteiger charge is 2.29. The minimum absolute atomic E-state index is 0.0381. The predicted molar refractivity (Wildman–Crippen MR) is 131 cm³/mol. The van der Waals surface area contributed by atoms with Gasteiger partial charge in [-0.25, -0.2) is 4.79 Å². The van der Waals surface area contributed by atoms with E-state index >= 15 is 0 Å². The van der Waals surface area contributed by atoms with E-state index in [2.05, 4.69) is 34.9 Å². The van der Waals surface area contributed by atoms with Crippen LogP contribution in [0.4, 0.5) is 4.79 Å². The van der Waals surface area contributed by atoms with E-state index in [-0.39, 0.29) is 30.8 Å². The first-order valence-electron chi connectivity index (χ1n) is 12.0. The first-order chi connectivity index (χ1) is 16.4. The summed E-state index contributed by atoms with van der Waals surface area (Å²) in [7, 11) is 0. The Bertz CT molecular complexity index is 961. The number of alkyl carbamates (subject to hydrolysis) is 1. The van der Waals surface area contributed by atoms with Crippen molar-refractivity contribution in [1.82, 2.24) is 10.6 Å². The van der Waals surface area contributed by atoms with E-state index in [1.165, 1.54) is 0 Å². The number of carboxylic acid groups (broad SMARTS) is 1. The maximum Gasteiger partial charge on any atom is 0.407 e. The molecule has 2 aromatic carbocycles. The van der Waals surface area contributed by atoms with E-state index in [0.717, 1.165) is 28.7 Å². The molecule has 0 aromatic heterocycles. The molecule has 0 radical (unpaired) electrons. The van der Waals surface area contributed by atoms with Gasteiger partial charge in [0.25, 0.3) is 0 Å². The van der Waals surface area contributed by atoms with E-state index in [1.54, 1.807) is 0 Å². The lowest BCUT2D eigenvalue weighted by molar-refractivity contribution is -0.137. The second-order valence-corrected chi connectivity index (χ2v) is 8.93. The number of hydrogen-bond acceptors (Lipinski definition) is 4. The Morgan fingerprint density at radius 3 is 2.18 bits per heavy atom. The molecule has 34 heavy (non-hydrogen) atoms. The van der Waals surface area contributed by atoms with Gasteiger partial charge < -0.3 is 20.5 Å². The molecular weight excluding hydrogens is 432 g/mol. The van der Waals surface area contributed by atoms with Gasteiger partial charge in [0.2, 0.25) is 5.91 Å². The Morgan fingerprint density at radius 2 is 1.59 bits per heavy atom. The number of fused-ring (bicyclic) bond motifs is 3. The fraction of sp³-hybridized carbons (Fsp3) is 0.444. The van der Waals surface area contributed by atoms with Gasteiger partial charge in [-0.15, -0.1) is 0 Å². The molecule has 0 saturated carbocycles. The Labute approximate surface area is 200 Å². The van der Waals surface area contributed by atoms with Crippen LogP contribution in [-0.2, 0) is 14.3 Å². The molecule has 7 heteroatoms. The first-order valence-corrected chi connectivity index (χ1v) is 12.0. The van der Waals surface area contributed by atoms with Crippen LogP contribution >= 0.6 is 0 Å². The molecule has 0 bridgehead atoms. The molecule has 1 unspecified atom stereocenters. The van der Waals surface area contributed by atoms with Gasteiger partial charge in [-0.1, -0.05) is 68.8 Å². The number of aliphatic carboxylic acids is 1. The third kappa shape index (κ3) is 6.59. The van der Waals surface area contributed by atoms with E-state index in [9.17, 15) is 14.4 Å². The highest BCUT2D eigenvalue weighted by atomic mass is 16.5. The van der Waals surface area contributed by atoms with E-state index in [0.29, 0.717) is 25.8 Å². The third-order valence-corrected chi connectivity index (χ3v) is 6.32. The standard InChI is InChI=1S/C27H34N2O5/c1-3-8-24(26(32)28-16-15-18(2)13-14-25(30)31)29-27(33)34-17-23-21-11-6-4-9-19(21)20-10-5-7-12-22(20)23/h4-7,9-12,18,23-24H,3,8,13-17H2,1-2H3,(H,28,32)(H,29,33)(H,30,31)/t18?,24-/m1/s1. The highest BCUT2D eigenvalue weighted by molar-refractivity contribution is 5.85. The normalized spacial score (nSPS) is 13.9. The molecule has 0 spiro atoms. The smallest absolute Gasteiger partial charge is 0.407 e. The van der Waals surface area contributed by atoms with Crippen LogP contribution in [0.25, 0.3) is 11.1 Å². The predicted octanol–water partition coefficient (Wildman–Crippen LogP) is 4.70. The number of amides is 2. The molecule has 2 atom stereocenters. The summed E-state index contributed by atoms with van der Waals surface area (Å²) in [4.78, 5) is 35.9. The second-order valence-electron chi connectivity index (χ2n) is 8.93. The van der Waals surface area contributed by atoms with Gasteiger partial charge in [-0.2, -0.15) is 0 Å². The molecule has 182 valence electrons. The molecule has 0 fully saturated rings. The Morgan fingerprint density at radius 1 is 0.971 bits per heavy atom. The van der Waals surface area contributed by atoms with Crippen LogP contribution in [0.2, 0.25) is 0 Å². The average molecular weight is 467 g/mol. The number of carboxylic acids is 1. The molecule has 7 nitrogen and oxygen atoms in total. The van der Waals surface area contributed by atoms with Crippen LogP contribution in [0.3, 0.4) is 0 Å². The fourth-order valence-corrected chi connectivity index (χ4v) is 4.42. The molecule has 2 amide bonds. The van der Waals surface area contributed by atoms with Gasteiger partial charge >= 0.3 is 12.1 Å². The van der Waals surface area contributed by atoms with Crippen molar-refractivity contribution >= 4 is 18.0 Å². The SMILES string of the molecule is CCC[C@@H](NC(=O)OCC1c2ccccc2-c2ccccc21)C(=O)NCCC(C)CCC(=O)O. The van der Waals surface area contributed by atoms with Crippen molar-refractivity contribution in [2.45, 2.75) is 57.9 Å². The first kappa shape index (κ1) is 25.3. The van der Waals surface area contributed by atoms with Crippen molar-refractivity contribution < 1.29 is 24.2 Å². The number of benzene rings is 2. The summed E-state index contributed by atoms with van der Waals surface area (Å²) < 4.78 is 5.58. The summed E-state index contributed by atoms with van der Waals surface area (Å²) in [6, 6.07) is 15.6. The van der Waals surface area contributed by atoms with Gasteiger partial charge in [-0.05, 0) is 47.4 Å². The van der Waals surface area contributed by atoms with Crippen LogP contribution < -0.4 is 10.6 Å². The van der Waals surface area contributed by atoms with Gasteiger partial charge in [-0.3, -0.25) is 9.59 Å². The largest absolute Gasteiger partial charge is 0.481 e. The lowest BCUT2D eigenvalue weighted by Crippen LogP contribution is -2.47. The summed E-state index contributed by atoms with van der Waals surface area (Å²) in [5.41, 5.74) is 4.59. The van der Waals surface area contributed by atoms with Crippen LogP contribution in [0.15, 0.2) is 48.5 Å². The number of ether oxygens (including phenoxy) is 1. The quantitative estimate of drug-likeness (QED) is 0.421. The van der Waals surface area contributed by atoms with Gasteiger partial charge in [0, 0.05) is 18.9 Å². The third-order valence-electron chi connectivity index (χ3n) is 6.32. The van der Waals surface area contributed by atoms with E-state index in [1.807, 2.05) is 38.1 Å². The van der Waals surface area contributed by atoms with E-state index in [4.69, 9.17) is 9.84 Å². The van der Waals surface area contributed by atoms with Gasteiger partial charge in [0.05, 0.1) is 0 Å². The van der Waals surface area contributed by atoms with Crippen LogP contribution in [0.1, 0.15) is 63.0 Å². The number of nitrogens with one attached hydrogen (secondary N) is 2.